The molecular weight excluding hydrogens is 230 g/mol. The van der Waals surface area contributed by atoms with Gasteiger partial charge in [-0.3, -0.25) is 0 Å². The van der Waals surface area contributed by atoms with Gasteiger partial charge in [0.05, 0.1) is 6.61 Å². The van der Waals surface area contributed by atoms with E-state index in [0.717, 1.165) is 38.4 Å². The largest absolute Gasteiger partial charge is 0.384 e. The van der Waals surface area contributed by atoms with Gasteiger partial charge in [0, 0.05) is 26.6 Å². The summed E-state index contributed by atoms with van der Waals surface area (Å²) >= 11 is 0. The highest BCUT2D eigenvalue weighted by Crippen LogP contribution is 2.21. The predicted molar refractivity (Wildman–Crippen MR) is 70.4 cm³/mol. The number of ether oxygens (including phenoxy) is 1. The summed E-state index contributed by atoms with van der Waals surface area (Å²) in [6, 6.07) is 0. The fourth-order valence-corrected chi connectivity index (χ4v) is 2.34. The third-order valence-electron chi connectivity index (χ3n) is 3.21. The lowest BCUT2D eigenvalue weighted by Crippen LogP contribution is -2.38. The van der Waals surface area contributed by atoms with Crippen LogP contribution < -0.4 is 10.6 Å². The average molecular weight is 251 g/mol. The Morgan fingerprint density at radius 1 is 1.39 bits per heavy atom. The zero-order valence-corrected chi connectivity index (χ0v) is 11.1. The van der Waals surface area contributed by atoms with Crippen molar-refractivity contribution in [2.75, 3.05) is 37.4 Å². The molecular formula is C12H21N5O. The van der Waals surface area contributed by atoms with Gasteiger partial charge in [0.25, 0.3) is 0 Å². The topological polar surface area (TPSA) is 77.2 Å². The molecule has 6 nitrogen and oxygen atoms in total. The molecule has 0 saturated carbocycles. The number of anilines is 2. The molecule has 1 saturated heterocycles. The van der Waals surface area contributed by atoms with Gasteiger partial charge in [-0.15, -0.1) is 0 Å². The molecule has 1 aliphatic rings. The van der Waals surface area contributed by atoms with Gasteiger partial charge < -0.3 is 15.4 Å². The first-order valence-corrected chi connectivity index (χ1v) is 6.47. The lowest BCUT2D eigenvalue weighted by molar-refractivity contribution is 0.143. The third-order valence-corrected chi connectivity index (χ3v) is 3.21. The monoisotopic (exact) mass is 251 g/mol. The maximum absolute atomic E-state index is 5.72. The van der Waals surface area contributed by atoms with E-state index < -0.39 is 0 Å². The summed E-state index contributed by atoms with van der Waals surface area (Å²) in [6.07, 6.45) is 3.11. The molecule has 1 aliphatic heterocycles. The zero-order valence-electron chi connectivity index (χ0n) is 11.1. The number of methoxy groups -OCH3 is 1. The number of nitrogens with two attached hydrogens (primary N) is 1. The van der Waals surface area contributed by atoms with Gasteiger partial charge in [0.2, 0.25) is 11.9 Å². The first-order chi connectivity index (χ1) is 8.72. The molecule has 1 fully saturated rings. The fraction of sp³-hybridized carbons (Fsp3) is 0.750. The lowest BCUT2D eigenvalue weighted by Gasteiger charge is -2.32. The summed E-state index contributed by atoms with van der Waals surface area (Å²) in [5.74, 6) is 2.32. The highest BCUT2D eigenvalue weighted by Gasteiger charge is 2.22. The first kappa shape index (κ1) is 13.0. The quantitative estimate of drug-likeness (QED) is 0.856. The van der Waals surface area contributed by atoms with Crippen LogP contribution in [0.25, 0.3) is 0 Å². The summed E-state index contributed by atoms with van der Waals surface area (Å²) < 4.78 is 5.23. The van der Waals surface area contributed by atoms with Crippen LogP contribution in [0.2, 0.25) is 0 Å². The molecule has 1 unspecified atom stereocenters. The molecule has 18 heavy (non-hydrogen) atoms. The Morgan fingerprint density at radius 2 is 2.22 bits per heavy atom. The molecule has 1 aromatic heterocycles. The van der Waals surface area contributed by atoms with Gasteiger partial charge >= 0.3 is 0 Å². The molecule has 100 valence electrons. The second kappa shape index (κ2) is 5.95. The minimum atomic E-state index is 0.311. The number of nitrogen functional groups attached to an aromatic ring is 1. The smallest absolute Gasteiger partial charge is 0.230 e. The van der Waals surface area contributed by atoms with Gasteiger partial charge in [-0.1, -0.05) is 6.92 Å². The molecule has 2 heterocycles. The van der Waals surface area contributed by atoms with Crippen LogP contribution in [0.15, 0.2) is 0 Å². The second-order valence-corrected chi connectivity index (χ2v) is 4.67. The second-order valence-electron chi connectivity index (χ2n) is 4.67. The maximum atomic E-state index is 5.72. The number of rotatable bonds is 4. The SMILES string of the molecule is CCc1nc(N)nc(N2CCCC(COC)C2)n1. The summed E-state index contributed by atoms with van der Waals surface area (Å²) in [4.78, 5) is 15.0. The minimum Gasteiger partial charge on any atom is -0.384 e. The number of aromatic nitrogens is 3. The maximum Gasteiger partial charge on any atom is 0.230 e. The van der Waals surface area contributed by atoms with Crippen molar-refractivity contribution in [3.05, 3.63) is 5.82 Å². The van der Waals surface area contributed by atoms with Crippen LogP contribution >= 0.6 is 0 Å². The van der Waals surface area contributed by atoms with Crippen LogP contribution in [0.5, 0.6) is 0 Å². The molecule has 1 atom stereocenters. The summed E-state index contributed by atoms with van der Waals surface area (Å²) in [7, 11) is 1.75. The van der Waals surface area contributed by atoms with E-state index in [9.17, 15) is 0 Å². The fourth-order valence-electron chi connectivity index (χ4n) is 2.34. The van der Waals surface area contributed by atoms with E-state index in [1.807, 2.05) is 6.92 Å². The molecule has 0 aromatic carbocycles. The first-order valence-electron chi connectivity index (χ1n) is 6.47. The molecule has 0 bridgehead atoms. The third kappa shape index (κ3) is 3.07. The van der Waals surface area contributed by atoms with Gasteiger partial charge in [0.1, 0.15) is 5.82 Å². The summed E-state index contributed by atoms with van der Waals surface area (Å²) in [6.45, 7) is 4.72. The molecule has 1 aromatic rings. The van der Waals surface area contributed by atoms with Crippen LogP contribution in [0.3, 0.4) is 0 Å². The molecule has 0 aliphatic carbocycles. The standard InChI is InChI=1S/C12H21N5O/c1-3-10-14-11(13)16-12(15-10)17-6-4-5-9(7-17)8-18-2/h9H,3-8H2,1-2H3,(H2,13,14,15,16). The van der Waals surface area contributed by atoms with Gasteiger partial charge in [-0.2, -0.15) is 15.0 Å². The van der Waals surface area contributed by atoms with Crippen LogP contribution in [0.1, 0.15) is 25.6 Å². The van der Waals surface area contributed by atoms with E-state index >= 15 is 0 Å². The van der Waals surface area contributed by atoms with Crippen molar-refractivity contribution in [3.8, 4) is 0 Å². The minimum absolute atomic E-state index is 0.311. The molecule has 0 spiro atoms. The van der Waals surface area contributed by atoms with Crippen molar-refractivity contribution in [2.45, 2.75) is 26.2 Å². The number of nitrogens with zero attached hydrogens (tertiary/aromatic N) is 4. The molecule has 0 amide bonds. The van der Waals surface area contributed by atoms with E-state index in [1.165, 1.54) is 6.42 Å². The van der Waals surface area contributed by atoms with E-state index in [-0.39, 0.29) is 0 Å². The Kier molecular flexibility index (Phi) is 4.30. The Bertz CT molecular complexity index is 396. The van der Waals surface area contributed by atoms with E-state index in [0.29, 0.717) is 17.8 Å². The van der Waals surface area contributed by atoms with Crippen LogP contribution in [0, 0.1) is 5.92 Å². The Balaban J connectivity index is 2.12. The predicted octanol–water partition coefficient (Wildman–Crippen LogP) is 0.879. The van der Waals surface area contributed by atoms with Gasteiger partial charge in [-0.25, -0.2) is 0 Å². The molecule has 2 N–H and O–H groups in total. The van der Waals surface area contributed by atoms with Crippen molar-refractivity contribution >= 4 is 11.9 Å². The van der Waals surface area contributed by atoms with Crippen molar-refractivity contribution < 1.29 is 4.74 Å². The van der Waals surface area contributed by atoms with Gasteiger partial charge in [0.15, 0.2) is 0 Å². The number of hydrogen-bond donors (Lipinski definition) is 1. The van der Waals surface area contributed by atoms with Gasteiger partial charge in [-0.05, 0) is 18.8 Å². The highest BCUT2D eigenvalue weighted by molar-refractivity contribution is 5.35. The summed E-state index contributed by atoms with van der Waals surface area (Å²) in [5, 5.41) is 0. The Hall–Kier alpha value is -1.43. The Morgan fingerprint density at radius 3 is 2.94 bits per heavy atom. The van der Waals surface area contributed by atoms with Crippen molar-refractivity contribution in [3.63, 3.8) is 0 Å². The Labute approximate surface area is 108 Å². The average Bonchev–Trinajstić information content (AvgIpc) is 2.39. The van der Waals surface area contributed by atoms with E-state index in [4.69, 9.17) is 10.5 Å². The van der Waals surface area contributed by atoms with Crippen LogP contribution in [-0.4, -0.2) is 41.8 Å². The number of aryl methyl sites for hydroxylation is 1. The van der Waals surface area contributed by atoms with Crippen molar-refractivity contribution in [1.29, 1.82) is 0 Å². The number of piperidine rings is 1. The van der Waals surface area contributed by atoms with E-state index in [1.54, 1.807) is 7.11 Å². The highest BCUT2D eigenvalue weighted by atomic mass is 16.5. The number of hydrogen-bond acceptors (Lipinski definition) is 6. The zero-order chi connectivity index (χ0) is 13.0. The van der Waals surface area contributed by atoms with E-state index in [2.05, 4.69) is 19.9 Å². The molecule has 6 heteroatoms. The lowest BCUT2D eigenvalue weighted by atomic mass is 9.99. The normalized spacial score (nSPS) is 20.1. The van der Waals surface area contributed by atoms with Crippen molar-refractivity contribution in [1.82, 2.24) is 15.0 Å². The molecule has 0 radical (unpaired) electrons. The molecule has 2 rings (SSSR count). The van der Waals surface area contributed by atoms with Crippen molar-refractivity contribution in [2.24, 2.45) is 5.92 Å². The van der Waals surface area contributed by atoms with Crippen LogP contribution in [0.4, 0.5) is 11.9 Å². The van der Waals surface area contributed by atoms with Crippen LogP contribution in [-0.2, 0) is 11.2 Å². The summed E-state index contributed by atoms with van der Waals surface area (Å²) in [5.41, 5.74) is 5.72.